The van der Waals surface area contributed by atoms with Crippen LogP contribution in [-0.2, 0) is 0 Å². The zero-order valence-corrected chi connectivity index (χ0v) is 10.7. The third-order valence-electron chi connectivity index (χ3n) is 1.47. The third-order valence-corrected chi connectivity index (χ3v) is 2.88. The number of para-hydroxylation sites is 1. The van der Waals surface area contributed by atoms with Gasteiger partial charge in [-0.1, -0.05) is 41.4 Å². The fraction of sp³-hybridized carbons (Fsp3) is 0.400. The standard InChI is InChI=1S/C6H6O.C4H7Cl3O/c7-6-4-2-1-3-5-6;1-3(2,5)4(6,7)8/h1-5,7H;8H,1-2H3. The molecule has 0 atom stereocenters. The van der Waals surface area contributed by atoms with E-state index in [2.05, 4.69) is 0 Å². The monoisotopic (exact) mass is 270 g/mol. The molecule has 0 aliphatic carbocycles. The molecular formula is C10H13Cl3O2. The molecule has 0 aliphatic heterocycles. The van der Waals surface area contributed by atoms with Gasteiger partial charge in [0.15, 0.2) is 0 Å². The van der Waals surface area contributed by atoms with Crippen LogP contribution < -0.4 is 0 Å². The number of phenols is 1. The van der Waals surface area contributed by atoms with Gasteiger partial charge in [-0.2, -0.15) is 0 Å². The Kier molecular flexibility index (Phi) is 5.75. The molecule has 0 unspecified atom stereocenters. The van der Waals surface area contributed by atoms with Crippen molar-refractivity contribution in [2.45, 2.75) is 23.2 Å². The number of hydrogen-bond donors (Lipinski definition) is 2. The summed E-state index contributed by atoms with van der Waals surface area (Å²) in [6.45, 7) is 3.04. The van der Waals surface area contributed by atoms with Crippen LogP contribution in [0.2, 0.25) is 0 Å². The summed E-state index contributed by atoms with van der Waals surface area (Å²) < 4.78 is -1.85. The summed E-state index contributed by atoms with van der Waals surface area (Å²) in [7, 11) is 0. The molecule has 0 heterocycles. The summed E-state index contributed by atoms with van der Waals surface area (Å²) in [4.78, 5) is -1.00. The van der Waals surface area contributed by atoms with Crippen molar-refractivity contribution < 1.29 is 10.2 Å². The van der Waals surface area contributed by atoms with Gasteiger partial charge in [0.25, 0.3) is 0 Å². The molecule has 0 aromatic heterocycles. The smallest absolute Gasteiger partial charge is 0.233 e. The van der Waals surface area contributed by atoms with Crippen molar-refractivity contribution in [1.82, 2.24) is 0 Å². The number of hydrogen-bond acceptors (Lipinski definition) is 2. The molecule has 0 radical (unpaired) electrons. The van der Waals surface area contributed by atoms with Crippen LogP contribution in [0.1, 0.15) is 13.8 Å². The van der Waals surface area contributed by atoms with Crippen molar-refractivity contribution >= 4 is 34.8 Å². The lowest BCUT2D eigenvalue weighted by molar-refractivity contribution is 0.177. The minimum absolute atomic E-state index is 0.322. The van der Waals surface area contributed by atoms with E-state index < -0.39 is 9.39 Å². The molecule has 2 N–H and O–H groups in total. The molecule has 0 amide bonds. The molecule has 5 heteroatoms. The lowest BCUT2D eigenvalue weighted by Crippen LogP contribution is -2.34. The SMILES string of the molecule is CC(C)(Cl)C(O)(Cl)Cl.Oc1ccccc1. The van der Waals surface area contributed by atoms with Crippen LogP contribution in [-0.4, -0.2) is 19.6 Å². The second kappa shape index (κ2) is 5.80. The largest absolute Gasteiger partial charge is 0.508 e. The van der Waals surface area contributed by atoms with E-state index in [1.165, 1.54) is 13.8 Å². The van der Waals surface area contributed by atoms with Gasteiger partial charge >= 0.3 is 0 Å². The van der Waals surface area contributed by atoms with E-state index >= 15 is 0 Å². The minimum Gasteiger partial charge on any atom is -0.508 e. The number of phenolic OH excluding ortho intramolecular Hbond substituents is 1. The first-order valence-corrected chi connectivity index (χ1v) is 5.31. The summed E-state index contributed by atoms with van der Waals surface area (Å²) in [5.74, 6) is 0.322. The maximum absolute atomic E-state index is 8.75. The van der Waals surface area contributed by atoms with Gasteiger partial charge in [0.2, 0.25) is 4.52 Å². The predicted molar refractivity (Wildman–Crippen MR) is 64.7 cm³/mol. The lowest BCUT2D eigenvalue weighted by Gasteiger charge is -2.25. The normalized spacial score (nSPS) is 11.6. The summed E-state index contributed by atoms with van der Waals surface area (Å²) in [6.07, 6.45) is 0. The van der Waals surface area contributed by atoms with Crippen molar-refractivity contribution in [1.29, 1.82) is 0 Å². The van der Waals surface area contributed by atoms with E-state index in [0.717, 1.165) is 0 Å². The highest BCUT2D eigenvalue weighted by atomic mass is 35.5. The second-order valence-corrected chi connectivity index (χ2v) is 5.58. The fourth-order valence-corrected chi connectivity index (χ4v) is 0.428. The molecular weight excluding hydrogens is 258 g/mol. The van der Waals surface area contributed by atoms with E-state index in [9.17, 15) is 0 Å². The average molecular weight is 272 g/mol. The Morgan fingerprint density at radius 1 is 1.00 bits per heavy atom. The van der Waals surface area contributed by atoms with Crippen LogP contribution in [0.15, 0.2) is 30.3 Å². The summed E-state index contributed by atoms with van der Waals surface area (Å²) in [5, 5.41) is 17.4. The van der Waals surface area contributed by atoms with E-state index in [-0.39, 0.29) is 0 Å². The van der Waals surface area contributed by atoms with Gasteiger partial charge in [-0.3, -0.25) is 0 Å². The van der Waals surface area contributed by atoms with Crippen LogP contribution in [0.3, 0.4) is 0 Å². The summed E-state index contributed by atoms with van der Waals surface area (Å²) in [6, 6.07) is 8.71. The maximum Gasteiger partial charge on any atom is 0.233 e. The maximum atomic E-state index is 8.75. The Morgan fingerprint density at radius 3 is 1.47 bits per heavy atom. The van der Waals surface area contributed by atoms with Crippen LogP contribution >= 0.6 is 34.8 Å². The fourth-order valence-electron chi connectivity index (χ4n) is 0.428. The predicted octanol–water partition coefficient (Wildman–Crippen LogP) is 3.52. The molecule has 0 spiro atoms. The van der Waals surface area contributed by atoms with Gasteiger partial charge in [-0.15, -0.1) is 11.6 Å². The average Bonchev–Trinajstić information content (AvgIpc) is 2.02. The molecule has 0 bridgehead atoms. The number of rotatable bonds is 1. The van der Waals surface area contributed by atoms with Gasteiger partial charge in [0.1, 0.15) is 5.75 Å². The van der Waals surface area contributed by atoms with Crippen molar-refractivity contribution in [3.63, 3.8) is 0 Å². The number of aliphatic hydroxyl groups is 1. The first-order chi connectivity index (χ1) is 6.64. The number of benzene rings is 1. The van der Waals surface area contributed by atoms with Crippen LogP contribution in [0.4, 0.5) is 0 Å². The Morgan fingerprint density at radius 2 is 1.33 bits per heavy atom. The molecule has 0 aliphatic rings. The topological polar surface area (TPSA) is 40.5 Å². The minimum atomic E-state index is -1.85. The molecule has 86 valence electrons. The Hall–Kier alpha value is -0.150. The molecule has 15 heavy (non-hydrogen) atoms. The molecule has 0 fully saturated rings. The summed E-state index contributed by atoms with van der Waals surface area (Å²) in [5.41, 5.74) is 0. The van der Waals surface area contributed by atoms with Crippen molar-refractivity contribution in [3.8, 4) is 5.75 Å². The Balaban J connectivity index is 0.000000262. The molecule has 1 rings (SSSR count). The number of alkyl halides is 3. The Labute approximate surface area is 104 Å². The molecule has 0 saturated heterocycles. The molecule has 1 aromatic carbocycles. The van der Waals surface area contributed by atoms with Gasteiger partial charge in [-0.25, -0.2) is 0 Å². The first kappa shape index (κ1) is 14.8. The zero-order valence-electron chi connectivity index (χ0n) is 8.42. The molecule has 2 nitrogen and oxygen atoms in total. The highest BCUT2D eigenvalue weighted by Crippen LogP contribution is 2.35. The van der Waals surface area contributed by atoms with Crippen molar-refractivity contribution in [2.24, 2.45) is 0 Å². The lowest BCUT2D eigenvalue weighted by atomic mass is 10.2. The summed E-state index contributed by atoms with van der Waals surface area (Å²) >= 11 is 15.9. The second-order valence-electron chi connectivity index (χ2n) is 3.35. The van der Waals surface area contributed by atoms with Gasteiger partial charge in [0, 0.05) is 0 Å². The molecule has 0 saturated carbocycles. The zero-order chi connectivity index (χ0) is 12.1. The van der Waals surface area contributed by atoms with E-state index in [0.29, 0.717) is 5.75 Å². The van der Waals surface area contributed by atoms with E-state index in [1.54, 1.807) is 24.3 Å². The molecule has 1 aromatic rings. The Bertz CT molecular complexity index is 263. The van der Waals surface area contributed by atoms with Gasteiger partial charge in [0.05, 0.1) is 4.87 Å². The number of aromatic hydroxyl groups is 1. The van der Waals surface area contributed by atoms with Crippen LogP contribution in [0.25, 0.3) is 0 Å². The highest BCUT2D eigenvalue weighted by Gasteiger charge is 2.38. The quantitative estimate of drug-likeness (QED) is 0.767. The first-order valence-electron chi connectivity index (χ1n) is 4.17. The van der Waals surface area contributed by atoms with E-state index in [4.69, 9.17) is 45.0 Å². The van der Waals surface area contributed by atoms with Crippen molar-refractivity contribution in [2.75, 3.05) is 0 Å². The number of halogens is 3. The third kappa shape index (κ3) is 6.85. The van der Waals surface area contributed by atoms with Crippen molar-refractivity contribution in [3.05, 3.63) is 30.3 Å². The highest BCUT2D eigenvalue weighted by molar-refractivity contribution is 6.51. The van der Waals surface area contributed by atoms with Crippen LogP contribution in [0, 0.1) is 0 Å². The van der Waals surface area contributed by atoms with Gasteiger partial charge < -0.3 is 10.2 Å². The van der Waals surface area contributed by atoms with Gasteiger partial charge in [-0.05, 0) is 26.0 Å². The van der Waals surface area contributed by atoms with E-state index in [1.807, 2.05) is 6.07 Å². The van der Waals surface area contributed by atoms with Crippen LogP contribution in [0.5, 0.6) is 5.75 Å².